The van der Waals surface area contributed by atoms with Crippen molar-refractivity contribution in [3.05, 3.63) is 0 Å². The second-order valence-corrected chi connectivity index (χ2v) is 5.30. The van der Waals surface area contributed by atoms with Crippen LogP contribution in [0.5, 0.6) is 0 Å². The lowest BCUT2D eigenvalue weighted by atomic mass is 9.89. The van der Waals surface area contributed by atoms with Crippen LogP contribution < -0.4 is 5.32 Å². The highest BCUT2D eigenvalue weighted by atomic mass is 16.2. The molecule has 2 atom stereocenters. The van der Waals surface area contributed by atoms with E-state index < -0.39 is 0 Å². The van der Waals surface area contributed by atoms with Crippen molar-refractivity contribution in [2.75, 3.05) is 6.54 Å². The number of rotatable bonds is 3. The molecule has 1 aliphatic carbocycles. The minimum Gasteiger partial charge on any atom is -0.326 e. The van der Waals surface area contributed by atoms with Gasteiger partial charge in [0.1, 0.15) is 0 Å². The summed E-state index contributed by atoms with van der Waals surface area (Å²) in [6.07, 6.45) is 7.86. The smallest absolute Gasteiger partial charge is 0.241 e. The lowest BCUT2D eigenvalue weighted by Gasteiger charge is -2.29. The van der Waals surface area contributed by atoms with E-state index in [-0.39, 0.29) is 12.2 Å². The standard InChI is InChI=1S/C13H24N2O/c1-3-12-13(16)15(10(2)14-12)9-11-7-5-4-6-8-11/h10-12,14H,3-9H2,1-2H3. The third-order valence-electron chi connectivity index (χ3n) is 4.08. The molecule has 0 aromatic rings. The summed E-state index contributed by atoms with van der Waals surface area (Å²) in [5.74, 6) is 1.07. The van der Waals surface area contributed by atoms with Crippen molar-refractivity contribution in [2.24, 2.45) is 5.92 Å². The minimum absolute atomic E-state index is 0.0681. The van der Waals surface area contributed by atoms with Crippen molar-refractivity contribution in [1.82, 2.24) is 10.2 Å². The van der Waals surface area contributed by atoms with Crippen molar-refractivity contribution in [3.8, 4) is 0 Å². The maximum absolute atomic E-state index is 12.1. The van der Waals surface area contributed by atoms with E-state index in [0.717, 1.165) is 18.9 Å². The summed E-state index contributed by atoms with van der Waals surface area (Å²) in [4.78, 5) is 14.1. The zero-order valence-electron chi connectivity index (χ0n) is 10.5. The summed E-state index contributed by atoms with van der Waals surface area (Å²) >= 11 is 0. The van der Waals surface area contributed by atoms with Crippen molar-refractivity contribution in [2.45, 2.75) is 64.6 Å². The summed E-state index contributed by atoms with van der Waals surface area (Å²) in [7, 11) is 0. The fraction of sp³-hybridized carbons (Fsp3) is 0.923. The maximum atomic E-state index is 12.1. The lowest BCUT2D eigenvalue weighted by molar-refractivity contribution is -0.130. The van der Waals surface area contributed by atoms with Gasteiger partial charge in [0.15, 0.2) is 0 Å². The Morgan fingerprint density at radius 1 is 1.31 bits per heavy atom. The van der Waals surface area contributed by atoms with Gasteiger partial charge < -0.3 is 4.90 Å². The third kappa shape index (κ3) is 2.40. The Labute approximate surface area is 98.6 Å². The summed E-state index contributed by atoms with van der Waals surface area (Å²) in [6, 6.07) is 0.0681. The number of hydrogen-bond donors (Lipinski definition) is 1. The van der Waals surface area contributed by atoms with E-state index in [4.69, 9.17) is 0 Å². The first-order valence-electron chi connectivity index (χ1n) is 6.79. The molecule has 1 saturated carbocycles. The molecule has 1 amide bonds. The van der Waals surface area contributed by atoms with Crippen LogP contribution >= 0.6 is 0 Å². The minimum atomic E-state index is 0.0681. The molecule has 2 aliphatic rings. The molecule has 0 radical (unpaired) electrons. The Balaban J connectivity index is 1.90. The number of hydrogen-bond acceptors (Lipinski definition) is 2. The second kappa shape index (κ2) is 5.17. The van der Waals surface area contributed by atoms with Gasteiger partial charge in [-0.2, -0.15) is 0 Å². The number of nitrogens with zero attached hydrogens (tertiary/aromatic N) is 1. The average Bonchev–Trinajstić information content (AvgIpc) is 2.58. The van der Waals surface area contributed by atoms with Gasteiger partial charge in [-0.25, -0.2) is 0 Å². The molecular weight excluding hydrogens is 200 g/mol. The van der Waals surface area contributed by atoms with Gasteiger partial charge in [0, 0.05) is 6.54 Å². The van der Waals surface area contributed by atoms with Crippen LogP contribution in [0.25, 0.3) is 0 Å². The van der Waals surface area contributed by atoms with Crippen molar-refractivity contribution in [3.63, 3.8) is 0 Å². The van der Waals surface area contributed by atoms with Crippen LogP contribution in [0.15, 0.2) is 0 Å². The first-order chi connectivity index (χ1) is 7.72. The molecule has 3 nitrogen and oxygen atoms in total. The Morgan fingerprint density at radius 3 is 2.56 bits per heavy atom. The molecule has 1 heterocycles. The lowest BCUT2D eigenvalue weighted by Crippen LogP contribution is -2.38. The Hall–Kier alpha value is -0.570. The molecule has 16 heavy (non-hydrogen) atoms. The van der Waals surface area contributed by atoms with Gasteiger partial charge >= 0.3 is 0 Å². The summed E-state index contributed by atoms with van der Waals surface area (Å²) in [5, 5.41) is 3.37. The molecule has 2 rings (SSSR count). The molecule has 1 aliphatic heterocycles. The molecule has 0 aromatic carbocycles. The highest BCUT2D eigenvalue weighted by Crippen LogP contribution is 2.26. The molecule has 2 unspecified atom stereocenters. The summed E-state index contributed by atoms with van der Waals surface area (Å²) < 4.78 is 0. The Kier molecular flexibility index (Phi) is 3.85. The normalized spacial score (nSPS) is 32.4. The van der Waals surface area contributed by atoms with Gasteiger partial charge in [-0.1, -0.05) is 26.2 Å². The predicted molar refractivity (Wildman–Crippen MR) is 65.0 cm³/mol. The monoisotopic (exact) mass is 224 g/mol. The summed E-state index contributed by atoms with van der Waals surface area (Å²) in [6.45, 7) is 5.16. The largest absolute Gasteiger partial charge is 0.326 e. The van der Waals surface area contributed by atoms with Crippen LogP contribution in [0.1, 0.15) is 52.4 Å². The molecule has 3 heteroatoms. The SMILES string of the molecule is CCC1NC(C)N(CC2CCCCC2)C1=O. The van der Waals surface area contributed by atoms with E-state index in [1.807, 2.05) is 0 Å². The maximum Gasteiger partial charge on any atom is 0.241 e. The fourth-order valence-corrected chi connectivity index (χ4v) is 3.03. The molecule has 2 fully saturated rings. The van der Waals surface area contributed by atoms with Crippen molar-refractivity contribution < 1.29 is 4.79 Å². The zero-order chi connectivity index (χ0) is 11.5. The molecular formula is C13H24N2O. The van der Waals surface area contributed by atoms with E-state index in [2.05, 4.69) is 24.1 Å². The molecule has 1 N–H and O–H groups in total. The van der Waals surface area contributed by atoms with Crippen LogP contribution in [0.2, 0.25) is 0 Å². The van der Waals surface area contributed by atoms with Crippen LogP contribution in [0.3, 0.4) is 0 Å². The third-order valence-corrected chi connectivity index (χ3v) is 4.08. The number of carbonyl (C=O) groups is 1. The van der Waals surface area contributed by atoms with Crippen LogP contribution in [-0.4, -0.2) is 29.6 Å². The first-order valence-corrected chi connectivity index (χ1v) is 6.79. The van der Waals surface area contributed by atoms with E-state index in [0.29, 0.717) is 5.91 Å². The zero-order valence-corrected chi connectivity index (χ0v) is 10.5. The van der Waals surface area contributed by atoms with Gasteiger partial charge in [0.2, 0.25) is 5.91 Å². The van der Waals surface area contributed by atoms with Crippen LogP contribution in [-0.2, 0) is 4.79 Å². The predicted octanol–water partition coefficient (Wildman–Crippen LogP) is 2.12. The van der Waals surface area contributed by atoms with Crippen molar-refractivity contribution >= 4 is 5.91 Å². The van der Waals surface area contributed by atoms with Crippen molar-refractivity contribution in [1.29, 1.82) is 0 Å². The van der Waals surface area contributed by atoms with E-state index in [1.165, 1.54) is 32.1 Å². The molecule has 0 spiro atoms. The highest BCUT2D eigenvalue weighted by Gasteiger charge is 2.36. The van der Waals surface area contributed by atoms with Gasteiger partial charge in [-0.05, 0) is 32.1 Å². The topological polar surface area (TPSA) is 32.3 Å². The first kappa shape index (κ1) is 11.9. The number of amides is 1. The molecule has 1 saturated heterocycles. The van der Waals surface area contributed by atoms with E-state index in [9.17, 15) is 4.79 Å². The van der Waals surface area contributed by atoms with Gasteiger partial charge in [0.05, 0.1) is 12.2 Å². The van der Waals surface area contributed by atoms with Gasteiger partial charge in [-0.15, -0.1) is 0 Å². The fourth-order valence-electron chi connectivity index (χ4n) is 3.03. The Morgan fingerprint density at radius 2 is 2.00 bits per heavy atom. The highest BCUT2D eigenvalue weighted by molar-refractivity contribution is 5.84. The molecule has 0 aromatic heterocycles. The quantitative estimate of drug-likeness (QED) is 0.796. The average molecular weight is 224 g/mol. The number of carbonyl (C=O) groups excluding carboxylic acids is 1. The van der Waals surface area contributed by atoms with Crippen LogP contribution in [0, 0.1) is 5.92 Å². The molecule has 0 bridgehead atoms. The molecule has 92 valence electrons. The Bertz CT molecular complexity index is 248. The van der Waals surface area contributed by atoms with Gasteiger partial charge in [0.25, 0.3) is 0 Å². The van der Waals surface area contributed by atoms with E-state index in [1.54, 1.807) is 0 Å². The summed E-state index contributed by atoms with van der Waals surface area (Å²) in [5.41, 5.74) is 0. The van der Waals surface area contributed by atoms with E-state index >= 15 is 0 Å². The number of nitrogens with one attached hydrogen (secondary N) is 1. The second-order valence-electron chi connectivity index (χ2n) is 5.30. The van der Waals surface area contributed by atoms with Crippen LogP contribution in [0.4, 0.5) is 0 Å². The van der Waals surface area contributed by atoms with Gasteiger partial charge in [-0.3, -0.25) is 10.1 Å².